The van der Waals surface area contributed by atoms with Gasteiger partial charge < -0.3 is 9.84 Å². The van der Waals surface area contributed by atoms with E-state index in [1.165, 1.54) is 12.2 Å². The number of rotatable bonds is 6. The summed E-state index contributed by atoms with van der Waals surface area (Å²) in [6.45, 7) is 11.8. The average molecular weight is 297 g/mol. The third-order valence-corrected chi connectivity index (χ3v) is 5.02. The highest BCUT2D eigenvalue weighted by Gasteiger charge is 2.24. The van der Waals surface area contributed by atoms with Gasteiger partial charge in [0.25, 0.3) is 0 Å². The number of nitrogens with one attached hydrogen (secondary N) is 1. The molecule has 114 valence electrons. The number of aromatic nitrogens is 1. The van der Waals surface area contributed by atoms with Gasteiger partial charge in [-0.1, -0.05) is 25.9 Å². The first kappa shape index (κ1) is 15.9. The molecule has 1 aromatic rings. The van der Waals surface area contributed by atoms with E-state index in [4.69, 9.17) is 4.52 Å². The van der Waals surface area contributed by atoms with Gasteiger partial charge in [-0.05, 0) is 25.9 Å². The van der Waals surface area contributed by atoms with Crippen LogP contribution >= 0.6 is 11.8 Å². The average Bonchev–Trinajstić information content (AvgIpc) is 2.76. The van der Waals surface area contributed by atoms with E-state index in [9.17, 15) is 0 Å². The fraction of sp³-hybridized carbons (Fsp3) is 0.800. The Morgan fingerprint density at radius 3 is 3.10 bits per heavy atom. The Hall–Kier alpha value is -0.520. The zero-order valence-electron chi connectivity index (χ0n) is 12.9. The van der Waals surface area contributed by atoms with Crippen LogP contribution in [0.15, 0.2) is 10.6 Å². The molecular weight excluding hydrogens is 270 g/mol. The van der Waals surface area contributed by atoms with Gasteiger partial charge in [0.2, 0.25) is 0 Å². The number of nitrogens with zero attached hydrogens (tertiary/aromatic N) is 2. The van der Waals surface area contributed by atoms with Crippen LogP contribution in [0.3, 0.4) is 0 Å². The second kappa shape index (κ2) is 7.48. The summed E-state index contributed by atoms with van der Waals surface area (Å²) in [6.07, 6.45) is 2.38. The summed E-state index contributed by atoms with van der Waals surface area (Å²) in [7, 11) is 0. The molecule has 0 spiro atoms. The Morgan fingerprint density at radius 2 is 2.30 bits per heavy atom. The molecule has 1 aromatic heterocycles. The number of hydrogen-bond acceptors (Lipinski definition) is 5. The van der Waals surface area contributed by atoms with Gasteiger partial charge in [0.15, 0.2) is 5.76 Å². The van der Waals surface area contributed by atoms with Crippen LogP contribution in [-0.2, 0) is 13.1 Å². The fourth-order valence-electron chi connectivity index (χ4n) is 2.35. The maximum Gasteiger partial charge on any atom is 0.151 e. The lowest BCUT2D eigenvalue weighted by Crippen LogP contribution is -2.26. The lowest BCUT2D eigenvalue weighted by atomic mass is 10.1. The van der Waals surface area contributed by atoms with Crippen molar-refractivity contribution in [3.63, 3.8) is 0 Å². The summed E-state index contributed by atoms with van der Waals surface area (Å²) in [5.41, 5.74) is 1.01. The summed E-state index contributed by atoms with van der Waals surface area (Å²) in [4.78, 5) is 2.48. The van der Waals surface area contributed by atoms with Crippen LogP contribution in [0.2, 0.25) is 0 Å². The standard InChI is InChI=1S/C15H27N3OS/c1-4-6-16-11-13-10-14(19-17-13)12-18-7-5-15(2,3)20-9-8-18/h10,16H,4-9,11-12H2,1-3H3. The molecule has 5 heteroatoms. The van der Waals surface area contributed by atoms with Crippen molar-refractivity contribution in [1.29, 1.82) is 0 Å². The second-order valence-corrected chi connectivity index (χ2v) is 7.90. The third kappa shape index (κ3) is 5.11. The lowest BCUT2D eigenvalue weighted by molar-refractivity contribution is 0.238. The maximum absolute atomic E-state index is 5.45. The van der Waals surface area contributed by atoms with Crippen molar-refractivity contribution in [1.82, 2.24) is 15.4 Å². The van der Waals surface area contributed by atoms with E-state index in [1.54, 1.807) is 0 Å². The summed E-state index contributed by atoms with van der Waals surface area (Å²) in [5, 5.41) is 7.49. The molecule has 0 amide bonds. The molecule has 2 heterocycles. The molecule has 0 radical (unpaired) electrons. The predicted molar refractivity (Wildman–Crippen MR) is 84.9 cm³/mol. The zero-order chi connectivity index (χ0) is 14.4. The van der Waals surface area contributed by atoms with E-state index in [0.717, 1.165) is 50.6 Å². The first-order valence-electron chi connectivity index (χ1n) is 7.60. The highest BCUT2D eigenvalue weighted by molar-refractivity contribution is 8.00. The Morgan fingerprint density at radius 1 is 1.45 bits per heavy atom. The second-order valence-electron chi connectivity index (χ2n) is 6.10. The van der Waals surface area contributed by atoms with Gasteiger partial charge in [-0.2, -0.15) is 11.8 Å². The van der Waals surface area contributed by atoms with Gasteiger partial charge in [-0.15, -0.1) is 0 Å². The maximum atomic E-state index is 5.45. The minimum absolute atomic E-state index is 0.408. The molecule has 1 aliphatic rings. The SMILES string of the molecule is CCCNCc1cc(CN2CCSC(C)(C)CC2)on1. The smallest absolute Gasteiger partial charge is 0.151 e. The quantitative estimate of drug-likeness (QED) is 0.818. The van der Waals surface area contributed by atoms with Gasteiger partial charge in [-0.25, -0.2) is 0 Å². The van der Waals surface area contributed by atoms with Crippen molar-refractivity contribution in [2.45, 2.75) is 51.4 Å². The predicted octanol–water partition coefficient (Wildman–Crippen LogP) is 2.89. The summed E-state index contributed by atoms with van der Waals surface area (Å²) >= 11 is 2.08. The topological polar surface area (TPSA) is 41.3 Å². The van der Waals surface area contributed by atoms with Crippen molar-refractivity contribution in [3.05, 3.63) is 17.5 Å². The Bertz CT molecular complexity index is 406. The van der Waals surface area contributed by atoms with Crippen LogP contribution in [0.1, 0.15) is 45.1 Å². The fourth-order valence-corrected chi connectivity index (χ4v) is 3.49. The molecule has 0 atom stereocenters. The zero-order valence-corrected chi connectivity index (χ0v) is 13.8. The van der Waals surface area contributed by atoms with Gasteiger partial charge in [0, 0.05) is 29.7 Å². The van der Waals surface area contributed by atoms with Gasteiger partial charge in [-0.3, -0.25) is 4.90 Å². The molecule has 2 rings (SSSR count). The Kier molecular flexibility index (Phi) is 5.93. The number of thioether (sulfide) groups is 1. The number of hydrogen-bond donors (Lipinski definition) is 1. The molecule has 0 aliphatic carbocycles. The van der Waals surface area contributed by atoms with E-state index in [2.05, 4.69) is 54.0 Å². The lowest BCUT2D eigenvalue weighted by Gasteiger charge is -2.21. The van der Waals surface area contributed by atoms with E-state index in [0.29, 0.717) is 4.75 Å². The van der Waals surface area contributed by atoms with E-state index >= 15 is 0 Å². The van der Waals surface area contributed by atoms with Crippen LogP contribution in [0, 0.1) is 0 Å². The summed E-state index contributed by atoms with van der Waals surface area (Å²) < 4.78 is 5.86. The molecule has 1 fully saturated rings. The molecule has 20 heavy (non-hydrogen) atoms. The van der Waals surface area contributed by atoms with Crippen molar-refractivity contribution in [2.24, 2.45) is 0 Å². The van der Waals surface area contributed by atoms with Crippen molar-refractivity contribution >= 4 is 11.8 Å². The molecule has 0 aromatic carbocycles. The van der Waals surface area contributed by atoms with Crippen LogP contribution < -0.4 is 5.32 Å². The molecule has 0 unspecified atom stereocenters. The Balaban J connectivity index is 1.81. The summed E-state index contributed by atoms with van der Waals surface area (Å²) in [6, 6.07) is 2.09. The Labute approximate surface area is 126 Å². The molecule has 0 saturated carbocycles. The van der Waals surface area contributed by atoms with Crippen molar-refractivity contribution < 1.29 is 4.52 Å². The van der Waals surface area contributed by atoms with Gasteiger partial charge >= 0.3 is 0 Å². The van der Waals surface area contributed by atoms with Gasteiger partial charge in [0.1, 0.15) is 0 Å². The van der Waals surface area contributed by atoms with Crippen molar-refractivity contribution in [3.8, 4) is 0 Å². The molecule has 1 aliphatic heterocycles. The first-order chi connectivity index (χ1) is 9.59. The van der Waals surface area contributed by atoms with Crippen LogP contribution in [-0.4, -0.2) is 40.2 Å². The van der Waals surface area contributed by atoms with Crippen LogP contribution in [0.25, 0.3) is 0 Å². The molecule has 4 nitrogen and oxygen atoms in total. The monoisotopic (exact) mass is 297 g/mol. The largest absolute Gasteiger partial charge is 0.360 e. The van der Waals surface area contributed by atoms with Crippen LogP contribution in [0.4, 0.5) is 0 Å². The highest BCUT2D eigenvalue weighted by Crippen LogP contribution is 2.31. The van der Waals surface area contributed by atoms with Crippen LogP contribution in [0.5, 0.6) is 0 Å². The first-order valence-corrected chi connectivity index (χ1v) is 8.59. The minimum Gasteiger partial charge on any atom is -0.360 e. The van der Waals surface area contributed by atoms with E-state index in [-0.39, 0.29) is 0 Å². The van der Waals surface area contributed by atoms with E-state index in [1.807, 2.05) is 0 Å². The third-order valence-electron chi connectivity index (χ3n) is 3.65. The molecular formula is C15H27N3OS. The molecule has 1 N–H and O–H groups in total. The molecule has 0 bridgehead atoms. The van der Waals surface area contributed by atoms with Gasteiger partial charge in [0.05, 0.1) is 12.2 Å². The van der Waals surface area contributed by atoms with E-state index < -0.39 is 0 Å². The highest BCUT2D eigenvalue weighted by atomic mass is 32.2. The van der Waals surface area contributed by atoms with Crippen molar-refractivity contribution in [2.75, 3.05) is 25.4 Å². The molecule has 1 saturated heterocycles. The summed E-state index contributed by atoms with van der Waals surface area (Å²) in [5.74, 6) is 2.19. The minimum atomic E-state index is 0.408. The normalized spacial score (nSPS) is 19.9.